The number of rotatable bonds is 8. The monoisotopic (exact) mass is 495 g/mol. The van der Waals surface area contributed by atoms with Crippen LogP contribution in [0.3, 0.4) is 0 Å². The third-order valence-electron chi connectivity index (χ3n) is 6.52. The van der Waals surface area contributed by atoms with Crippen LogP contribution >= 0.6 is 23.2 Å². The van der Waals surface area contributed by atoms with Crippen molar-refractivity contribution in [1.82, 2.24) is 0 Å². The Hall–Kier alpha value is -1.82. The van der Waals surface area contributed by atoms with Gasteiger partial charge in [0.15, 0.2) is 0 Å². The van der Waals surface area contributed by atoms with E-state index in [1.54, 1.807) is 24.3 Å². The molecule has 0 aromatic heterocycles. The minimum atomic E-state index is -1.68. The molecule has 2 aromatic rings. The summed E-state index contributed by atoms with van der Waals surface area (Å²) >= 11 is 12.2. The Balaban J connectivity index is 1.94. The van der Waals surface area contributed by atoms with Gasteiger partial charge in [-0.1, -0.05) is 69.2 Å². The van der Waals surface area contributed by atoms with Crippen LogP contribution in [-0.2, 0) is 10.2 Å². The molecule has 0 heterocycles. The maximum Gasteiger partial charge on any atom is 0.256 e. The quantitative estimate of drug-likeness (QED) is 0.408. The molecule has 1 amide bonds. The summed E-state index contributed by atoms with van der Waals surface area (Å²) in [4.78, 5) is 13.5. The van der Waals surface area contributed by atoms with E-state index < -0.39 is 22.7 Å². The van der Waals surface area contributed by atoms with Gasteiger partial charge in [0.1, 0.15) is 17.2 Å². The van der Waals surface area contributed by atoms with Gasteiger partial charge < -0.3 is 15.2 Å². The molecule has 7 heteroatoms. The number of methoxy groups -OCH3 is 1. The van der Waals surface area contributed by atoms with Crippen molar-refractivity contribution in [1.29, 1.82) is 0 Å². The average Bonchev–Trinajstić information content (AvgIpc) is 2.73. The van der Waals surface area contributed by atoms with Crippen LogP contribution in [0.4, 0.5) is 10.1 Å². The highest BCUT2D eigenvalue weighted by molar-refractivity contribution is 6.35. The zero-order valence-corrected chi connectivity index (χ0v) is 20.9. The van der Waals surface area contributed by atoms with Crippen molar-refractivity contribution in [2.75, 3.05) is 12.4 Å². The molecule has 1 aliphatic rings. The average molecular weight is 496 g/mol. The number of aliphatic hydroxyl groups is 1. The summed E-state index contributed by atoms with van der Waals surface area (Å²) in [5.74, 6) is -0.159. The smallest absolute Gasteiger partial charge is 0.256 e. The van der Waals surface area contributed by atoms with Gasteiger partial charge in [-0.3, -0.25) is 4.79 Å². The van der Waals surface area contributed by atoms with Gasteiger partial charge in [0.2, 0.25) is 0 Å². The summed E-state index contributed by atoms with van der Waals surface area (Å²) in [6, 6.07) is 9.07. The lowest BCUT2D eigenvalue weighted by Crippen LogP contribution is -2.48. The summed E-state index contributed by atoms with van der Waals surface area (Å²) in [5.41, 5.74) is -1.41. The Morgan fingerprint density at radius 2 is 1.76 bits per heavy atom. The molecule has 180 valence electrons. The van der Waals surface area contributed by atoms with E-state index in [1.165, 1.54) is 25.7 Å². The Morgan fingerprint density at radius 1 is 1.12 bits per heavy atom. The predicted octanol–water partition coefficient (Wildman–Crippen LogP) is 7.15. The summed E-state index contributed by atoms with van der Waals surface area (Å²) in [7, 11) is 1.52. The molecule has 1 aliphatic carbocycles. The van der Waals surface area contributed by atoms with E-state index in [0.29, 0.717) is 33.5 Å². The third-order valence-corrected chi connectivity index (χ3v) is 6.96. The van der Waals surface area contributed by atoms with E-state index in [-0.39, 0.29) is 12.3 Å². The van der Waals surface area contributed by atoms with Crippen molar-refractivity contribution >= 4 is 34.8 Å². The lowest BCUT2D eigenvalue weighted by molar-refractivity contribution is -0.138. The lowest BCUT2D eigenvalue weighted by atomic mass is 9.70. The Morgan fingerprint density at radius 3 is 2.36 bits per heavy atom. The Bertz CT molecular complexity index is 971. The van der Waals surface area contributed by atoms with E-state index in [0.717, 1.165) is 25.7 Å². The number of anilines is 1. The summed E-state index contributed by atoms with van der Waals surface area (Å²) < 4.78 is 19.6. The first-order chi connectivity index (χ1) is 15.5. The summed E-state index contributed by atoms with van der Waals surface area (Å²) in [5, 5.41) is 15.4. The van der Waals surface area contributed by atoms with Gasteiger partial charge in [-0.15, -0.1) is 0 Å². The highest BCUT2D eigenvalue weighted by Crippen LogP contribution is 2.42. The second kappa shape index (κ2) is 10.6. The fraction of sp³-hybridized carbons (Fsp3) is 0.500. The highest BCUT2D eigenvalue weighted by atomic mass is 35.5. The van der Waals surface area contributed by atoms with Crippen LogP contribution in [0, 0.1) is 11.7 Å². The van der Waals surface area contributed by atoms with Crippen molar-refractivity contribution in [2.45, 2.75) is 69.8 Å². The molecule has 1 saturated carbocycles. The van der Waals surface area contributed by atoms with Crippen LogP contribution in [0.5, 0.6) is 5.75 Å². The van der Waals surface area contributed by atoms with Crippen LogP contribution in [0.2, 0.25) is 10.0 Å². The second-order valence-corrected chi connectivity index (χ2v) is 10.6. The van der Waals surface area contributed by atoms with Crippen molar-refractivity contribution in [3.8, 4) is 5.75 Å². The van der Waals surface area contributed by atoms with Crippen molar-refractivity contribution < 1.29 is 19.0 Å². The third kappa shape index (κ3) is 6.62. The number of carbonyl (C=O) groups is 1. The van der Waals surface area contributed by atoms with Gasteiger partial charge in [0.05, 0.1) is 7.11 Å². The number of hydrogen-bond acceptors (Lipinski definition) is 3. The molecule has 0 aliphatic heterocycles. The van der Waals surface area contributed by atoms with E-state index in [2.05, 4.69) is 5.32 Å². The Kier molecular flexibility index (Phi) is 8.31. The molecule has 1 unspecified atom stereocenters. The molecule has 0 radical (unpaired) electrons. The van der Waals surface area contributed by atoms with Gasteiger partial charge in [0.25, 0.3) is 5.91 Å². The number of benzene rings is 2. The molecule has 2 N–H and O–H groups in total. The summed E-state index contributed by atoms with van der Waals surface area (Å²) in [6.45, 7) is 3.78. The molecule has 0 saturated heterocycles. The number of amides is 1. The zero-order valence-electron chi connectivity index (χ0n) is 19.4. The normalized spacial score (nSPS) is 16.8. The van der Waals surface area contributed by atoms with Gasteiger partial charge in [-0.2, -0.15) is 0 Å². The lowest BCUT2D eigenvalue weighted by Gasteiger charge is -2.39. The van der Waals surface area contributed by atoms with E-state index in [4.69, 9.17) is 27.9 Å². The minimum absolute atomic E-state index is 0.0937. The van der Waals surface area contributed by atoms with Crippen LogP contribution in [0.1, 0.15) is 64.4 Å². The highest BCUT2D eigenvalue weighted by Gasteiger charge is 2.44. The second-order valence-electron chi connectivity index (χ2n) is 9.76. The minimum Gasteiger partial charge on any atom is -0.496 e. The molecular formula is C26H32Cl2FNO3. The molecular weight excluding hydrogens is 464 g/mol. The molecule has 1 fully saturated rings. The van der Waals surface area contributed by atoms with Crippen LogP contribution in [0.25, 0.3) is 0 Å². The van der Waals surface area contributed by atoms with Gasteiger partial charge in [0, 0.05) is 21.3 Å². The number of halogens is 3. The molecule has 33 heavy (non-hydrogen) atoms. The molecule has 0 bridgehead atoms. The fourth-order valence-corrected chi connectivity index (χ4v) is 5.55. The van der Waals surface area contributed by atoms with Crippen molar-refractivity contribution in [3.63, 3.8) is 0 Å². The first-order valence-corrected chi connectivity index (χ1v) is 12.1. The molecule has 4 nitrogen and oxygen atoms in total. The van der Waals surface area contributed by atoms with Crippen LogP contribution in [-0.4, -0.2) is 23.7 Å². The molecule has 2 aromatic carbocycles. The first-order valence-electron chi connectivity index (χ1n) is 11.4. The standard InChI is InChI=1S/C26H32Cl2FNO3/c1-25(2,22-14-20(29)9-10-23(22)33-3)16-26(32,15-17-7-5-4-6-8-17)24(31)30-21-12-18(27)11-19(28)13-21/h9-14,17,32H,4-8,15-16H2,1-3H3,(H,30,31). The maximum absolute atomic E-state index is 14.1. The van der Waals surface area contributed by atoms with Crippen LogP contribution in [0.15, 0.2) is 36.4 Å². The number of ether oxygens (including phenoxy) is 1. The molecule has 1 atom stereocenters. The molecule has 3 rings (SSSR count). The largest absolute Gasteiger partial charge is 0.496 e. The topological polar surface area (TPSA) is 58.6 Å². The summed E-state index contributed by atoms with van der Waals surface area (Å²) in [6.07, 6.45) is 5.73. The fourth-order valence-electron chi connectivity index (χ4n) is 5.02. The Labute approximate surface area is 205 Å². The van der Waals surface area contributed by atoms with Crippen molar-refractivity contribution in [3.05, 3.63) is 57.8 Å². The van der Waals surface area contributed by atoms with Gasteiger partial charge >= 0.3 is 0 Å². The number of nitrogens with one attached hydrogen (secondary N) is 1. The number of carbonyl (C=O) groups excluding carboxylic acids is 1. The van der Waals surface area contributed by atoms with Crippen molar-refractivity contribution in [2.24, 2.45) is 5.92 Å². The maximum atomic E-state index is 14.1. The van der Waals surface area contributed by atoms with Gasteiger partial charge in [-0.25, -0.2) is 4.39 Å². The first kappa shape index (κ1) is 25.8. The van der Waals surface area contributed by atoms with E-state index in [1.807, 2.05) is 13.8 Å². The van der Waals surface area contributed by atoms with E-state index >= 15 is 0 Å². The SMILES string of the molecule is COc1ccc(F)cc1C(C)(C)CC(O)(CC1CCCCC1)C(=O)Nc1cc(Cl)cc(Cl)c1. The molecule has 0 spiro atoms. The number of hydrogen-bond donors (Lipinski definition) is 2. The zero-order chi connectivity index (χ0) is 24.2. The van der Waals surface area contributed by atoms with E-state index in [9.17, 15) is 14.3 Å². The van der Waals surface area contributed by atoms with Gasteiger partial charge in [-0.05, 0) is 60.6 Å². The van der Waals surface area contributed by atoms with Crippen LogP contribution < -0.4 is 10.1 Å². The predicted molar refractivity (Wildman–Crippen MR) is 132 cm³/mol.